The molecule has 0 aliphatic carbocycles. The maximum Gasteiger partial charge on any atom is 0.235 e. The Morgan fingerprint density at radius 3 is 2.56 bits per heavy atom. The summed E-state index contributed by atoms with van der Waals surface area (Å²) in [5, 5.41) is 20.0. The SMILES string of the molecule is CCN1c2cc(O)ccc2CC1(C#N)c1ccc(N2CCCS2(=O)=O)cc1. The van der Waals surface area contributed by atoms with E-state index in [4.69, 9.17) is 0 Å². The van der Waals surface area contributed by atoms with Gasteiger partial charge in [-0.3, -0.25) is 4.31 Å². The van der Waals surface area contributed by atoms with Crippen LogP contribution in [-0.2, 0) is 22.0 Å². The van der Waals surface area contributed by atoms with E-state index in [1.54, 1.807) is 24.3 Å². The van der Waals surface area contributed by atoms with Crippen LogP contribution in [0.4, 0.5) is 11.4 Å². The van der Waals surface area contributed by atoms with E-state index in [0.717, 1.165) is 16.8 Å². The fraction of sp³-hybridized carbons (Fsp3) is 0.350. The van der Waals surface area contributed by atoms with Gasteiger partial charge in [0.25, 0.3) is 0 Å². The third-order valence-electron chi connectivity index (χ3n) is 5.50. The summed E-state index contributed by atoms with van der Waals surface area (Å²) in [5.74, 6) is 0.356. The molecule has 140 valence electrons. The van der Waals surface area contributed by atoms with Crippen LogP contribution in [0.2, 0.25) is 0 Å². The predicted octanol–water partition coefficient (Wildman–Crippen LogP) is 2.73. The molecule has 27 heavy (non-hydrogen) atoms. The van der Waals surface area contributed by atoms with Gasteiger partial charge in [-0.1, -0.05) is 18.2 Å². The molecule has 1 unspecified atom stereocenters. The summed E-state index contributed by atoms with van der Waals surface area (Å²) >= 11 is 0. The highest BCUT2D eigenvalue weighted by molar-refractivity contribution is 7.93. The summed E-state index contributed by atoms with van der Waals surface area (Å²) in [6.07, 6.45) is 1.16. The Hall–Kier alpha value is -2.72. The molecule has 1 atom stereocenters. The van der Waals surface area contributed by atoms with Crippen molar-refractivity contribution in [1.82, 2.24) is 0 Å². The number of hydrogen-bond acceptors (Lipinski definition) is 5. The first-order valence-corrected chi connectivity index (χ1v) is 10.6. The summed E-state index contributed by atoms with van der Waals surface area (Å²) in [7, 11) is -3.23. The zero-order valence-corrected chi connectivity index (χ0v) is 15.9. The number of rotatable bonds is 3. The van der Waals surface area contributed by atoms with Gasteiger partial charge in [0, 0.05) is 31.3 Å². The van der Waals surface area contributed by atoms with E-state index >= 15 is 0 Å². The summed E-state index contributed by atoms with van der Waals surface area (Å²) in [5.41, 5.74) is 2.48. The fourth-order valence-electron chi connectivity index (χ4n) is 4.23. The molecule has 2 aromatic rings. The molecular formula is C20H21N3O3S. The Bertz CT molecular complexity index is 1030. The van der Waals surface area contributed by atoms with Crippen molar-refractivity contribution in [3.05, 3.63) is 53.6 Å². The fourth-order valence-corrected chi connectivity index (χ4v) is 5.79. The Balaban J connectivity index is 1.74. The molecule has 1 N–H and O–H groups in total. The third kappa shape index (κ3) is 2.63. The van der Waals surface area contributed by atoms with E-state index < -0.39 is 15.6 Å². The molecule has 0 bridgehead atoms. The number of sulfonamides is 1. The minimum absolute atomic E-state index is 0.176. The molecule has 7 heteroatoms. The second-order valence-corrected chi connectivity index (χ2v) is 9.01. The van der Waals surface area contributed by atoms with Crippen molar-refractivity contribution in [2.75, 3.05) is 28.0 Å². The number of nitriles is 1. The minimum atomic E-state index is -3.23. The molecular weight excluding hydrogens is 362 g/mol. The van der Waals surface area contributed by atoms with Crippen molar-refractivity contribution in [2.45, 2.75) is 25.3 Å². The first-order chi connectivity index (χ1) is 12.9. The van der Waals surface area contributed by atoms with Gasteiger partial charge in [-0.2, -0.15) is 5.26 Å². The third-order valence-corrected chi connectivity index (χ3v) is 7.37. The summed E-state index contributed by atoms with van der Waals surface area (Å²) in [6.45, 7) is 3.10. The molecule has 6 nitrogen and oxygen atoms in total. The zero-order chi connectivity index (χ0) is 19.2. The second kappa shape index (κ2) is 6.17. The highest BCUT2D eigenvalue weighted by Gasteiger charge is 2.45. The van der Waals surface area contributed by atoms with Gasteiger partial charge in [0.1, 0.15) is 5.75 Å². The quantitative estimate of drug-likeness (QED) is 0.881. The molecule has 0 aromatic heterocycles. The van der Waals surface area contributed by atoms with E-state index in [0.29, 0.717) is 31.6 Å². The molecule has 2 heterocycles. The van der Waals surface area contributed by atoms with Crippen LogP contribution in [0.3, 0.4) is 0 Å². The number of phenolic OH excluding ortho intramolecular Hbond substituents is 1. The van der Waals surface area contributed by atoms with Gasteiger partial charge >= 0.3 is 0 Å². The van der Waals surface area contributed by atoms with Crippen molar-refractivity contribution < 1.29 is 13.5 Å². The van der Waals surface area contributed by atoms with Gasteiger partial charge in [0.15, 0.2) is 5.54 Å². The molecule has 4 rings (SSSR count). The van der Waals surface area contributed by atoms with Crippen LogP contribution in [0.5, 0.6) is 5.75 Å². The first kappa shape index (κ1) is 17.7. The molecule has 2 aromatic carbocycles. The normalized spacial score (nSPS) is 23.3. The lowest BCUT2D eigenvalue weighted by Crippen LogP contribution is -2.42. The van der Waals surface area contributed by atoms with E-state index in [2.05, 4.69) is 6.07 Å². The smallest absolute Gasteiger partial charge is 0.235 e. The topological polar surface area (TPSA) is 84.6 Å². The monoisotopic (exact) mass is 383 g/mol. The van der Waals surface area contributed by atoms with E-state index in [9.17, 15) is 18.8 Å². The zero-order valence-electron chi connectivity index (χ0n) is 15.1. The lowest BCUT2D eigenvalue weighted by molar-refractivity contribution is 0.475. The minimum Gasteiger partial charge on any atom is -0.508 e. The largest absolute Gasteiger partial charge is 0.508 e. The number of nitrogens with zero attached hydrogens (tertiary/aromatic N) is 3. The maximum atomic E-state index is 12.1. The Morgan fingerprint density at radius 2 is 1.96 bits per heavy atom. The molecule has 1 saturated heterocycles. The Labute approximate surface area is 159 Å². The summed E-state index contributed by atoms with van der Waals surface area (Å²) in [6, 6.07) is 14.9. The predicted molar refractivity (Wildman–Crippen MR) is 104 cm³/mol. The number of likely N-dealkylation sites (N-methyl/N-ethyl adjacent to an activating group) is 1. The molecule has 2 aliphatic rings. The number of phenols is 1. The van der Waals surface area contributed by atoms with Crippen molar-refractivity contribution in [3.63, 3.8) is 0 Å². The highest BCUT2D eigenvalue weighted by atomic mass is 32.2. The van der Waals surface area contributed by atoms with Gasteiger partial charge in [-0.15, -0.1) is 0 Å². The van der Waals surface area contributed by atoms with Crippen LogP contribution in [0.25, 0.3) is 0 Å². The van der Waals surface area contributed by atoms with Gasteiger partial charge < -0.3 is 10.0 Å². The van der Waals surface area contributed by atoms with Crippen molar-refractivity contribution in [3.8, 4) is 11.8 Å². The van der Waals surface area contributed by atoms with E-state index in [1.165, 1.54) is 4.31 Å². The Morgan fingerprint density at radius 1 is 1.22 bits per heavy atom. The van der Waals surface area contributed by atoms with Crippen LogP contribution < -0.4 is 9.21 Å². The second-order valence-electron chi connectivity index (χ2n) is 6.99. The molecule has 0 saturated carbocycles. The number of benzene rings is 2. The molecule has 0 spiro atoms. The highest BCUT2D eigenvalue weighted by Crippen LogP contribution is 2.46. The van der Waals surface area contributed by atoms with Crippen LogP contribution in [-0.4, -0.2) is 32.4 Å². The number of hydrogen-bond donors (Lipinski definition) is 1. The lowest BCUT2D eigenvalue weighted by atomic mass is 9.87. The molecule has 0 amide bonds. The van der Waals surface area contributed by atoms with Crippen molar-refractivity contribution in [1.29, 1.82) is 5.26 Å². The molecule has 0 radical (unpaired) electrons. The van der Waals surface area contributed by atoms with E-state index in [-0.39, 0.29) is 11.5 Å². The average Bonchev–Trinajstić information content (AvgIpc) is 3.18. The average molecular weight is 383 g/mol. The van der Waals surface area contributed by atoms with Crippen molar-refractivity contribution in [2.24, 2.45) is 0 Å². The summed E-state index contributed by atoms with van der Waals surface area (Å²) in [4.78, 5) is 2.00. The number of anilines is 2. The summed E-state index contributed by atoms with van der Waals surface area (Å²) < 4.78 is 25.7. The van der Waals surface area contributed by atoms with E-state index in [1.807, 2.05) is 30.0 Å². The number of aromatic hydroxyl groups is 1. The van der Waals surface area contributed by atoms with Crippen LogP contribution in [0.15, 0.2) is 42.5 Å². The maximum absolute atomic E-state index is 12.1. The lowest BCUT2D eigenvalue weighted by Gasteiger charge is -2.34. The van der Waals surface area contributed by atoms with Crippen LogP contribution in [0.1, 0.15) is 24.5 Å². The first-order valence-electron chi connectivity index (χ1n) is 9.03. The van der Waals surface area contributed by atoms with Crippen LogP contribution in [0, 0.1) is 11.3 Å². The van der Waals surface area contributed by atoms with Gasteiger partial charge in [-0.05, 0) is 42.7 Å². The molecule has 1 fully saturated rings. The van der Waals surface area contributed by atoms with Gasteiger partial charge in [-0.25, -0.2) is 8.42 Å². The Kier molecular flexibility index (Phi) is 4.04. The number of fused-ring (bicyclic) bond motifs is 1. The standard InChI is InChI=1S/C20H21N3O3S/c1-2-22-19-12-18(24)9-4-15(19)13-20(22,14-21)16-5-7-17(8-6-16)23-10-3-11-27(23,25)26/h4-9,12,24H,2-3,10-11,13H2,1H3. The van der Waals surface area contributed by atoms with Gasteiger partial charge in [0.05, 0.1) is 17.5 Å². The molecule has 2 aliphatic heterocycles. The van der Waals surface area contributed by atoms with Crippen LogP contribution >= 0.6 is 0 Å². The van der Waals surface area contributed by atoms with Gasteiger partial charge in [0.2, 0.25) is 10.0 Å². The van der Waals surface area contributed by atoms with Crippen molar-refractivity contribution >= 4 is 21.4 Å².